The van der Waals surface area contributed by atoms with Crippen LogP contribution in [0.5, 0.6) is 0 Å². The number of benzene rings is 3. The zero-order chi connectivity index (χ0) is 26.9. The van der Waals surface area contributed by atoms with Gasteiger partial charge in [-0.15, -0.1) is 0 Å². The first-order valence-corrected chi connectivity index (χ1v) is 13.7. The average molecular weight is 535 g/mol. The van der Waals surface area contributed by atoms with E-state index in [0.717, 1.165) is 25.0 Å². The Morgan fingerprint density at radius 1 is 0.974 bits per heavy atom. The van der Waals surface area contributed by atoms with Gasteiger partial charge >= 0.3 is 0 Å². The quantitative estimate of drug-likeness (QED) is 0.342. The van der Waals surface area contributed by atoms with Crippen LogP contribution in [0.1, 0.15) is 30.0 Å². The molecule has 0 radical (unpaired) electrons. The van der Waals surface area contributed by atoms with Crippen molar-refractivity contribution in [3.8, 4) is 5.69 Å². The summed E-state index contributed by atoms with van der Waals surface area (Å²) in [6.07, 6.45) is 1.75. The van der Waals surface area contributed by atoms with Gasteiger partial charge in [-0.2, -0.15) is 4.72 Å². The highest BCUT2D eigenvalue weighted by atomic mass is 32.2. The van der Waals surface area contributed by atoms with Gasteiger partial charge in [-0.25, -0.2) is 17.5 Å². The number of amides is 1. The van der Waals surface area contributed by atoms with Crippen LogP contribution in [0.2, 0.25) is 0 Å². The zero-order valence-electron chi connectivity index (χ0n) is 20.7. The maximum Gasteiger partial charge on any atom is 0.295 e. The predicted octanol–water partition coefficient (Wildman–Crippen LogP) is 3.72. The molecule has 1 aliphatic rings. The number of hydrogen-bond donors (Lipinski definition) is 2. The summed E-state index contributed by atoms with van der Waals surface area (Å²) in [7, 11) is -2.63. The molecule has 1 aromatic heterocycles. The smallest absolute Gasteiger partial charge is 0.295 e. The van der Waals surface area contributed by atoms with Crippen LogP contribution in [0, 0.1) is 5.82 Å². The van der Waals surface area contributed by atoms with Gasteiger partial charge in [-0.1, -0.05) is 60.7 Å². The fourth-order valence-electron chi connectivity index (χ4n) is 4.58. The van der Waals surface area contributed by atoms with Crippen molar-refractivity contribution in [1.82, 2.24) is 14.1 Å². The monoisotopic (exact) mass is 534 g/mol. The van der Waals surface area contributed by atoms with Crippen LogP contribution >= 0.6 is 0 Å². The molecule has 1 saturated carbocycles. The van der Waals surface area contributed by atoms with Crippen molar-refractivity contribution in [2.45, 2.75) is 36.1 Å². The molecule has 1 heterocycles. The summed E-state index contributed by atoms with van der Waals surface area (Å²) in [4.78, 5) is 26.6. The van der Waals surface area contributed by atoms with Gasteiger partial charge in [0.1, 0.15) is 22.4 Å². The highest BCUT2D eigenvalue weighted by Crippen LogP contribution is 2.42. The average Bonchev–Trinajstić information content (AvgIpc) is 3.71. The summed E-state index contributed by atoms with van der Waals surface area (Å²) in [6.45, 7) is 0. The molecule has 0 aliphatic heterocycles. The van der Waals surface area contributed by atoms with Crippen molar-refractivity contribution in [2.75, 3.05) is 5.32 Å². The molecule has 196 valence electrons. The van der Waals surface area contributed by atoms with Crippen LogP contribution in [-0.2, 0) is 28.3 Å². The van der Waals surface area contributed by atoms with Gasteiger partial charge in [0.25, 0.3) is 5.56 Å². The van der Waals surface area contributed by atoms with Gasteiger partial charge in [0.15, 0.2) is 0 Å². The Morgan fingerprint density at radius 2 is 1.58 bits per heavy atom. The van der Waals surface area contributed by atoms with E-state index >= 15 is 0 Å². The molecule has 4 aromatic rings. The second-order valence-electron chi connectivity index (χ2n) is 9.29. The topological polar surface area (TPSA) is 102 Å². The molecular formula is C28H27FN4O4S. The molecule has 0 bridgehead atoms. The number of nitrogens with one attached hydrogen (secondary N) is 2. The molecule has 1 aliphatic carbocycles. The van der Waals surface area contributed by atoms with Crippen LogP contribution in [0.15, 0.2) is 94.6 Å². The molecule has 2 N–H and O–H groups in total. The minimum atomic E-state index is -4.39. The summed E-state index contributed by atoms with van der Waals surface area (Å²) >= 11 is 0. The molecule has 1 atom stereocenters. The van der Waals surface area contributed by atoms with E-state index in [1.54, 1.807) is 54.2 Å². The number of halogens is 1. The highest BCUT2D eigenvalue weighted by molar-refractivity contribution is 7.89. The lowest BCUT2D eigenvalue weighted by Crippen LogP contribution is -2.46. The summed E-state index contributed by atoms with van der Waals surface area (Å²) in [5.74, 6) is -1.53. The van der Waals surface area contributed by atoms with E-state index in [0.29, 0.717) is 16.9 Å². The van der Waals surface area contributed by atoms with E-state index in [1.807, 2.05) is 18.2 Å². The molecule has 1 fully saturated rings. The largest absolute Gasteiger partial charge is 0.319 e. The maximum absolute atomic E-state index is 14.4. The third-order valence-electron chi connectivity index (χ3n) is 6.55. The van der Waals surface area contributed by atoms with Gasteiger partial charge < -0.3 is 5.32 Å². The number of anilines is 1. The fourth-order valence-corrected chi connectivity index (χ4v) is 5.86. The Balaban J connectivity index is 1.51. The Morgan fingerprint density at radius 3 is 2.21 bits per heavy atom. The standard InChI is InChI=1S/C28H27FN4O4S/c1-32-26(20-16-17-20)25(28(35)33(32)21-12-6-3-7-13-21)30-27(34)23(18-19-10-4-2-5-11-19)31-38(36,37)24-15-9-8-14-22(24)29/h2-15,20,23,31H,16-18H2,1H3,(H,30,34)/t23-/m0/s1. The molecule has 8 nitrogen and oxygen atoms in total. The molecular weight excluding hydrogens is 507 g/mol. The molecule has 0 spiro atoms. The second-order valence-corrected chi connectivity index (χ2v) is 11.0. The van der Waals surface area contributed by atoms with Crippen LogP contribution in [0.3, 0.4) is 0 Å². The van der Waals surface area contributed by atoms with Gasteiger partial charge in [0, 0.05) is 13.0 Å². The Labute approximate surface area is 219 Å². The van der Waals surface area contributed by atoms with E-state index in [1.165, 1.54) is 16.8 Å². The number of carbonyl (C=O) groups excluding carboxylic acids is 1. The molecule has 0 saturated heterocycles. The van der Waals surface area contributed by atoms with E-state index < -0.39 is 38.2 Å². The van der Waals surface area contributed by atoms with Crippen LogP contribution in [0.4, 0.5) is 10.1 Å². The Hall–Kier alpha value is -4.02. The lowest BCUT2D eigenvalue weighted by atomic mass is 10.1. The Bertz CT molecular complexity index is 1630. The van der Waals surface area contributed by atoms with Crippen molar-refractivity contribution in [3.05, 3.63) is 112 Å². The van der Waals surface area contributed by atoms with Crippen molar-refractivity contribution in [2.24, 2.45) is 7.05 Å². The van der Waals surface area contributed by atoms with Crippen LogP contribution in [0.25, 0.3) is 5.69 Å². The van der Waals surface area contributed by atoms with E-state index in [2.05, 4.69) is 10.0 Å². The predicted molar refractivity (Wildman–Crippen MR) is 142 cm³/mol. The normalized spacial score (nSPS) is 14.3. The number of aromatic nitrogens is 2. The molecule has 0 unspecified atom stereocenters. The van der Waals surface area contributed by atoms with E-state index in [9.17, 15) is 22.4 Å². The third-order valence-corrected chi connectivity index (χ3v) is 8.05. The first-order chi connectivity index (χ1) is 18.3. The van der Waals surface area contributed by atoms with E-state index in [-0.39, 0.29) is 18.0 Å². The molecule has 38 heavy (non-hydrogen) atoms. The van der Waals surface area contributed by atoms with Gasteiger partial charge in [-0.3, -0.25) is 14.3 Å². The molecule has 5 rings (SSSR count). The first-order valence-electron chi connectivity index (χ1n) is 12.2. The number of hydrogen-bond acceptors (Lipinski definition) is 4. The number of sulfonamides is 1. The summed E-state index contributed by atoms with van der Waals surface area (Å²) < 4.78 is 46.1. The molecule has 1 amide bonds. The van der Waals surface area contributed by atoms with Crippen LogP contribution in [-0.4, -0.2) is 29.7 Å². The fraction of sp³-hybridized carbons (Fsp3) is 0.214. The number of carbonyl (C=O) groups is 1. The van der Waals surface area contributed by atoms with Crippen molar-refractivity contribution >= 4 is 21.6 Å². The van der Waals surface area contributed by atoms with E-state index in [4.69, 9.17) is 0 Å². The number of para-hydroxylation sites is 1. The highest BCUT2D eigenvalue weighted by Gasteiger charge is 2.35. The minimum absolute atomic E-state index is 0.00116. The molecule has 3 aromatic carbocycles. The number of nitrogens with zero attached hydrogens (tertiary/aromatic N) is 2. The second kappa shape index (κ2) is 10.4. The van der Waals surface area contributed by atoms with Crippen molar-refractivity contribution in [3.63, 3.8) is 0 Å². The number of rotatable bonds is 9. The first kappa shape index (κ1) is 25.6. The lowest BCUT2D eigenvalue weighted by molar-refractivity contribution is -0.117. The Kier molecular flexibility index (Phi) is 7.00. The van der Waals surface area contributed by atoms with Gasteiger partial charge in [0.2, 0.25) is 15.9 Å². The van der Waals surface area contributed by atoms with Gasteiger partial charge in [-0.05, 0) is 49.1 Å². The lowest BCUT2D eigenvalue weighted by Gasteiger charge is -2.19. The summed E-state index contributed by atoms with van der Waals surface area (Å²) in [5.41, 5.74) is 1.73. The summed E-state index contributed by atoms with van der Waals surface area (Å²) in [6, 6.07) is 21.6. The minimum Gasteiger partial charge on any atom is -0.319 e. The maximum atomic E-state index is 14.4. The molecule has 10 heteroatoms. The van der Waals surface area contributed by atoms with Crippen molar-refractivity contribution in [1.29, 1.82) is 0 Å². The van der Waals surface area contributed by atoms with Crippen LogP contribution < -0.4 is 15.6 Å². The van der Waals surface area contributed by atoms with Crippen molar-refractivity contribution < 1.29 is 17.6 Å². The van der Waals surface area contributed by atoms with Gasteiger partial charge in [0.05, 0.1) is 11.4 Å². The zero-order valence-corrected chi connectivity index (χ0v) is 21.5. The summed E-state index contributed by atoms with van der Waals surface area (Å²) in [5, 5.41) is 2.73. The SMILES string of the molecule is Cn1c(C2CC2)c(NC(=O)[C@H](Cc2ccccc2)NS(=O)(=O)c2ccccc2F)c(=O)n1-c1ccccc1. The third kappa shape index (κ3) is 5.18.